The van der Waals surface area contributed by atoms with Crippen LogP contribution in [-0.4, -0.2) is 31.2 Å². The second-order valence-electron chi connectivity index (χ2n) is 6.15. The van der Waals surface area contributed by atoms with Gasteiger partial charge in [0.2, 0.25) is 0 Å². The Morgan fingerprint density at radius 1 is 1.17 bits per heavy atom. The molecule has 0 aliphatic heterocycles. The number of H-pyrrole nitrogens is 1. The minimum absolute atomic E-state index is 0.00981. The van der Waals surface area contributed by atoms with E-state index in [2.05, 4.69) is 25.7 Å². The lowest BCUT2D eigenvalue weighted by atomic mass is 10.1. The molecule has 4 aromatic rings. The fourth-order valence-electron chi connectivity index (χ4n) is 2.74. The highest BCUT2D eigenvalue weighted by Gasteiger charge is 2.11. The van der Waals surface area contributed by atoms with Crippen molar-refractivity contribution in [3.05, 3.63) is 93.8 Å². The summed E-state index contributed by atoms with van der Waals surface area (Å²) in [4.78, 5) is 15.7. The number of nitrogens with zero attached hydrogens (tertiary/aromatic N) is 5. The van der Waals surface area contributed by atoms with E-state index in [1.807, 2.05) is 53.3 Å². The largest absolute Gasteiger partial charge is 0.285 e. The van der Waals surface area contributed by atoms with Gasteiger partial charge in [0.25, 0.3) is 5.56 Å². The predicted octanol–water partition coefficient (Wildman–Crippen LogP) is 3.18. The van der Waals surface area contributed by atoms with Crippen LogP contribution in [0.5, 0.6) is 0 Å². The number of anilines is 1. The Bertz CT molecular complexity index is 1190. The Labute approximate surface area is 170 Å². The van der Waals surface area contributed by atoms with Crippen LogP contribution in [0.15, 0.2) is 77.1 Å². The van der Waals surface area contributed by atoms with Crippen LogP contribution >= 0.6 is 11.6 Å². The normalized spacial score (nSPS) is 11.1. The number of rotatable bonds is 6. The van der Waals surface area contributed by atoms with Gasteiger partial charge in [-0.3, -0.25) is 19.9 Å². The number of halogens is 1. The lowest BCUT2D eigenvalue weighted by Gasteiger charge is -2.01. The molecule has 4 rings (SSSR count). The standard InChI is InChI=1S/C20H16ClN7O/c21-18-17(11-24-26-20(18)29)25-23-10-16-13-28(12-14-5-2-1-3-6-14)27-19(16)15-7-4-8-22-9-15/h1-11,13H,12H2,(H2,25,26,29)/b23-10-. The van der Waals surface area contributed by atoms with Crippen LogP contribution in [0.1, 0.15) is 11.1 Å². The molecule has 0 saturated heterocycles. The van der Waals surface area contributed by atoms with Crippen molar-refractivity contribution in [2.75, 3.05) is 5.43 Å². The van der Waals surface area contributed by atoms with E-state index in [0.717, 1.165) is 22.4 Å². The van der Waals surface area contributed by atoms with E-state index in [1.165, 1.54) is 6.20 Å². The first-order chi connectivity index (χ1) is 14.2. The van der Waals surface area contributed by atoms with E-state index in [9.17, 15) is 4.79 Å². The molecule has 0 amide bonds. The van der Waals surface area contributed by atoms with Gasteiger partial charge in [0.05, 0.1) is 19.0 Å². The number of hydrogen-bond acceptors (Lipinski definition) is 6. The average molecular weight is 406 g/mol. The second-order valence-corrected chi connectivity index (χ2v) is 6.53. The third-order valence-electron chi connectivity index (χ3n) is 4.10. The molecule has 0 saturated carbocycles. The first kappa shape index (κ1) is 18.6. The molecule has 0 aliphatic carbocycles. The minimum Gasteiger partial charge on any atom is -0.275 e. The van der Waals surface area contributed by atoms with Gasteiger partial charge in [0.15, 0.2) is 0 Å². The third-order valence-corrected chi connectivity index (χ3v) is 4.47. The van der Waals surface area contributed by atoms with Gasteiger partial charge in [-0.25, -0.2) is 5.10 Å². The molecule has 144 valence electrons. The highest BCUT2D eigenvalue weighted by atomic mass is 35.5. The number of benzene rings is 1. The molecule has 8 nitrogen and oxygen atoms in total. The van der Waals surface area contributed by atoms with Gasteiger partial charge >= 0.3 is 0 Å². The van der Waals surface area contributed by atoms with Gasteiger partial charge in [-0.05, 0) is 17.7 Å². The summed E-state index contributed by atoms with van der Waals surface area (Å²) in [5, 5.41) is 14.8. The maximum atomic E-state index is 11.5. The zero-order valence-electron chi connectivity index (χ0n) is 15.2. The zero-order valence-corrected chi connectivity index (χ0v) is 15.9. The molecular weight excluding hydrogens is 390 g/mol. The number of aromatic nitrogens is 5. The fraction of sp³-hybridized carbons (Fsp3) is 0.0500. The summed E-state index contributed by atoms with van der Waals surface area (Å²) in [5.74, 6) is 0. The van der Waals surface area contributed by atoms with E-state index in [0.29, 0.717) is 12.2 Å². The fourth-order valence-corrected chi connectivity index (χ4v) is 2.88. The first-order valence-corrected chi connectivity index (χ1v) is 9.12. The summed E-state index contributed by atoms with van der Waals surface area (Å²) in [5.41, 5.74) is 6.11. The minimum atomic E-state index is -0.487. The maximum Gasteiger partial charge on any atom is 0.285 e. The Balaban J connectivity index is 1.63. The van der Waals surface area contributed by atoms with Gasteiger partial charge < -0.3 is 0 Å². The zero-order chi connectivity index (χ0) is 20.1. The van der Waals surface area contributed by atoms with E-state index in [4.69, 9.17) is 16.7 Å². The first-order valence-electron chi connectivity index (χ1n) is 8.75. The van der Waals surface area contributed by atoms with Crippen molar-refractivity contribution < 1.29 is 0 Å². The van der Waals surface area contributed by atoms with Crippen LogP contribution in [0.2, 0.25) is 5.02 Å². The molecule has 3 heterocycles. The van der Waals surface area contributed by atoms with E-state index in [-0.39, 0.29) is 5.02 Å². The lowest BCUT2D eigenvalue weighted by molar-refractivity contribution is 0.689. The van der Waals surface area contributed by atoms with Gasteiger partial charge in [-0.15, -0.1) is 0 Å². The van der Waals surface area contributed by atoms with Crippen LogP contribution < -0.4 is 11.0 Å². The molecule has 2 N–H and O–H groups in total. The van der Waals surface area contributed by atoms with Crippen LogP contribution in [0.3, 0.4) is 0 Å². The molecule has 3 aromatic heterocycles. The topological polar surface area (TPSA) is 101 Å². The molecule has 29 heavy (non-hydrogen) atoms. The number of nitrogens with one attached hydrogen (secondary N) is 2. The average Bonchev–Trinajstić information content (AvgIpc) is 3.15. The summed E-state index contributed by atoms with van der Waals surface area (Å²) in [6, 6.07) is 13.8. The van der Waals surface area contributed by atoms with Crippen molar-refractivity contribution in [1.82, 2.24) is 25.0 Å². The number of aromatic amines is 1. The summed E-state index contributed by atoms with van der Waals surface area (Å²) in [6.45, 7) is 0.624. The molecule has 0 aliphatic rings. The van der Waals surface area contributed by atoms with Crippen molar-refractivity contribution in [3.8, 4) is 11.3 Å². The SMILES string of the molecule is O=c1[nH]ncc(N/N=C\c2cn(Cc3ccccc3)nc2-c2cccnc2)c1Cl. The van der Waals surface area contributed by atoms with Crippen LogP contribution in [0.25, 0.3) is 11.3 Å². The molecule has 0 bridgehead atoms. The third kappa shape index (κ3) is 4.39. The van der Waals surface area contributed by atoms with E-state index in [1.54, 1.807) is 18.6 Å². The molecule has 0 spiro atoms. The van der Waals surface area contributed by atoms with Crippen molar-refractivity contribution in [2.45, 2.75) is 6.54 Å². The Morgan fingerprint density at radius 3 is 2.83 bits per heavy atom. The Kier molecular flexibility index (Phi) is 5.44. The molecule has 0 atom stereocenters. The van der Waals surface area contributed by atoms with Crippen molar-refractivity contribution in [2.24, 2.45) is 5.10 Å². The molecular formula is C20H16ClN7O. The van der Waals surface area contributed by atoms with Crippen molar-refractivity contribution in [1.29, 1.82) is 0 Å². The van der Waals surface area contributed by atoms with Gasteiger partial charge in [0, 0.05) is 29.7 Å². The van der Waals surface area contributed by atoms with E-state index >= 15 is 0 Å². The lowest BCUT2D eigenvalue weighted by Crippen LogP contribution is -2.10. The molecule has 0 unspecified atom stereocenters. The molecule has 9 heteroatoms. The molecule has 1 aromatic carbocycles. The highest BCUT2D eigenvalue weighted by Crippen LogP contribution is 2.21. The van der Waals surface area contributed by atoms with Crippen molar-refractivity contribution >= 4 is 23.5 Å². The predicted molar refractivity (Wildman–Crippen MR) is 112 cm³/mol. The van der Waals surface area contributed by atoms with Gasteiger partial charge in [0.1, 0.15) is 16.4 Å². The number of pyridine rings is 1. The van der Waals surface area contributed by atoms with Crippen molar-refractivity contribution in [3.63, 3.8) is 0 Å². The highest BCUT2D eigenvalue weighted by molar-refractivity contribution is 6.32. The molecule has 0 fully saturated rings. The van der Waals surface area contributed by atoms with Crippen LogP contribution in [-0.2, 0) is 6.54 Å². The van der Waals surface area contributed by atoms with Gasteiger partial charge in [-0.1, -0.05) is 41.9 Å². The Morgan fingerprint density at radius 2 is 2.03 bits per heavy atom. The molecule has 0 radical (unpaired) electrons. The number of hydrazone groups is 1. The van der Waals surface area contributed by atoms with Crippen LogP contribution in [0.4, 0.5) is 5.69 Å². The summed E-state index contributed by atoms with van der Waals surface area (Å²) in [6.07, 6.45) is 8.37. The Hall–Kier alpha value is -3.78. The number of hydrogen-bond donors (Lipinski definition) is 2. The second kappa shape index (κ2) is 8.49. The quantitative estimate of drug-likeness (QED) is 0.379. The maximum absolute atomic E-state index is 11.5. The monoisotopic (exact) mass is 405 g/mol. The summed E-state index contributed by atoms with van der Waals surface area (Å²) in [7, 11) is 0. The summed E-state index contributed by atoms with van der Waals surface area (Å²) < 4.78 is 1.85. The smallest absolute Gasteiger partial charge is 0.275 e. The van der Waals surface area contributed by atoms with E-state index < -0.39 is 5.56 Å². The van der Waals surface area contributed by atoms with Gasteiger partial charge in [-0.2, -0.15) is 15.3 Å². The summed E-state index contributed by atoms with van der Waals surface area (Å²) >= 11 is 5.95. The van der Waals surface area contributed by atoms with Crippen LogP contribution in [0, 0.1) is 0 Å².